The molecule has 1 heterocycles. The van der Waals surface area contributed by atoms with Gasteiger partial charge in [0.1, 0.15) is 0 Å². The topological polar surface area (TPSA) is 36.7 Å². The minimum Gasteiger partial charge on any atom is -0.246 e. The Kier molecular flexibility index (Phi) is 4.28. The van der Waals surface area contributed by atoms with E-state index in [1.54, 1.807) is 11.3 Å². The molecule has 3 heteroatoms. The highest BCUT2D eigenvalue weighted by Crippen LogP contribution is 2.31. The van der Waals surface area contributed by atoms with Crippen molar-refractivity contribution in [2.75, 3.05) is 0 Å². The van der Waals surface area contributed by atoms with Crippen molar-refractivity contribution in [3.63, 3.8) is 0 Å². The largest absolute Gasteiger partial charge is 0.246 e. The predicted octanol–water partition coefficient (Wildman–Crippen LogP) is 3.67. The molecular formula is C12H18N2S. The lowest BCUT2D eigenvalue weighted by molar-refractivity contribution is 0.591. The Balaban J connectivity index is 2.98. The zero-order valence-electron chi connectivity index (χ0n) is 9.87. The van der Waals surface area contributed by atoms with Crippen LogP contribution in [0.2, 0.25) is 0 Å². The molecule has 1 aromatic heterocycles. The summed E-state index contributed by atoms with van der Waals surface area (Å²) in [5.74, 6) is 0.372. The maximum Gasteiger partial charge on any atom is 0.0931 e. The van der Waals surface area contributed by atoms with Gasteiger partial charge in [0.2, 0.25) is 0 Å². The molecule has 0 bridgehead atoms. The fourth-order valence-corrected chi connectivity index (χ4v) is 2.97. The van der Waals surface area contributed by atoms with Gasteiger partial charge in [0.25, 0.3) is 0 Å². The zero-order chi connectivity index (χ0) is 11.4. The van der Waals surface area contributed by atoms with Gasteiger partial charge in [-0.3, -0.25) is 0 Å². The number of nitrogens with zero attached hydrogens (tertiary/aromatic N) is 2. The Morgan fingerprint density at radius 1 is 1.47 bits per heavy atom. The van der Waals surface area contributed by atoms with Crippen LogP contribution in [0.5, 0.6) is 0 Å². The molecule has 1 aromatic rings. The smallest absolute Gasteiger partial charge is 0.0931 e. The highest BCUT2D eigenvalue weighted by atomic mass is 32.1. The quantitative estimate of drug-likeness (QED) is 0.779. The number of aromatic nitrogens is 1. The molecule has 0 aliphatic carbocycles. The van der Waals surface area contributed by atoms with Crippen molar-refractivity contribution >= 4 is 11.3 Å². The first-order valence-corrected chi connectivity index (χ1v) is 6.27. The normalized spacial score (nSPS) is 12.8. The van der Waals surface area contributed by atoms with E-state index in [0.717, 1.165) is 23.4 Å². The van der Waals surface area contributed by atoms with Crippen LogP contribution in [0.4, 0.5) is 0 Å². The van der Waals surface area contributed by atoms with Crippen LogP contribution in [-0.4, -0.2) is 4.98 Å². The van der Waals surface area contributed by atoms with Crippen LogP contribution in [0.25, 0.3) is 0 Å². The summed E-state index contributed by atoms with van der Waals surface area (Å²) in [6.45, 7) is 8.34. The van der Waals surface area contributed by atoms with Gasteiger partial charge in [-0.05, 0) is 25.7 Å². The Bertz CT molecular complexity index is 360. The van der Waals surface area contributed by atoms with Crippen LogP contribution >= 0.6 is 11.3 Å². The van der Waals surface area contributed by atoms with E-state index in [1.165, 1.54) is 5.01 Å². The van der Waals surface area contributed by atoms with Gasteiger partial charge in [0.15, 0.2) is 0 Å². The summed E-state index contributed by atoms with van der Waals surface area (Å²) in [5, 5.41) is 10.3. The number of nitriles is 1. The van der Waals surface area contributed by atoms with Gasteiger partial charge in [-0.2, -0.15) is 5.26 Å². The molecule has 0 radical (unpaired) electrons. The molecule has 0 aliphatic heterocycles. The lowest BCUT2D eigenvalue weighted by atomic mass is 9.95. The molecule has 1 rings (SSSR count). The molecule has 0 fully saturated rings. The van der Waals surface area contributed by atoms with Gasteiger partial charge in [0, 0.05) is 4.88 Å². The second-order valence-corrected chi connectivity index (χ2v) is 5.27. The third kappa shape index (κ3) is 2.79. The second kappa shape index (κ2) is 5.27. The van der Waals surface area contributed by atoms with E-state index < -0.39 is 0 Å². The molecule has 0 aliphatic rings. The van der Waals surface area contributed by atoms with Gasteiger partial charge >= 0.3 is 0 Å². The van der Waals surface area contributed by atoms with Gasteiger partial charge < -0.3 is 0 Å². The molecule has 2 nitrogen and oxygen atoms in total. The summed E-state index contributed by atoms with van der Waals surface area (Å²) >= 11 is 1.71. The zero-order valence-corrected chi connectivity index (χ0v) is 10.7. The molecule has 0 N–H and O–H groups in total. The van der Waals surface area contributed by atoms with E-state index in [4.69, 9.17) is 5.26 Å². The van der Waals surface area contributed by atoms with Crippen molar-refractivity contribution in [3.8, 4) is 6.07 Å². The summed E-state index contributed by atoms with van der Waals surface area (Å²) in [7, 11) is 0. The van der Waals surface area contributed by atoms with Crippen molar-refractivity contribution in [1.29, 1.82) is 5.26 Å². The van der Waals surface area contributed by atoms with Crippen molar-refractivity contribution in [3.05, 3.63) is 15.6 Å². The molecular weight excluding hydrogens is 204 g/mol. The molecule has 0 spiro atoms. The molecule has 0 saturated heterocycles. The van der Waals surface area contributed by atoms with Gasteiger partial charge in [-0.25, -0.2) is 4.98 Å². The first-order valence-electron chi connectivity index (χ1n) is 5.46. The Labute approximate surface area is 96.0 Å². The summed E-state index contributed by atoms with van der Waals surface area (Å²) in [6, 6.07) is 2.38. The van der Waals surface area contributed by atoms with Crippen molar-refractivity contribution in [2.24, 2.45) is 5.92 Å². The fourth-order valence-electron chi connectivity index (χ4n) is 1.59. The van der Waals surface area contributed by atoms with Crippen molar-refractivity contribution < 1.29 is 0 Å². The number of aryl methyl sites for hydroxylation is 2. The van der Waals surface area contributed by atoms with Gasteiger partial charge in [-0.15, -0.1) is 11.3 Å². The molecule has 82 valence electrons. The van der Waals surface area contributed by atoms with Crippen LogP contribution in [0.3, 0.4) is 0 Å². The SMILES string of the molecule is CCCc1nc(C)c(C(C#N)C(C)C)s1. The highest BCUT2D eigenvalue weighted by molar-refractivity contribution is 7.11. The third-order valence-electron chi connectivity index (χ3n) is 2.43. The van der Waals surface area contributed by atoms with Gasteiger partial charge in [0.05, 0.1) is 22.7 Å². The summed E-state index contributed by atoms with van der Waals surface area (Å²) in [4.78, 5) is 5.68. The van der Waals surface area contributed by atoms with Crippen LogP contribution in [0.15, 0.2) is 0 Å². The Morgan fingerprint density at radius 2 is 2.13 bits per heavy atom. The van der Waals surface area contributed by atoms with Crippen LogP contribution in [-0.2, 0) is 6.42 Å². The molecule has 1 atom stereocenters. The highest BCUT2D eigenvalue weighted by Gasteiger charge is 2.20. The maximum absolute atomic E-state index is 9.14. The lowest BCUT2D eigenvalue weighted by Gasteiger charge is -2.10. The minimum absolute atomic E-state index is 0.00751. The van der Waals surface area contributed by atoms with E-state index in [-0.39, 0.29) is 5.92 Å². The van der Waals surface area contributed by atoms with Crippen LogP contribution in [0.1, 0.15) is 48.7 Å². The predicted molar refractivity (Wildman–Crippen MR) is 64.0 cm³/mol. The number of rotatable bonds is 4. The van der Waals surface area contributed by atoms with Crippen molar-refractivity contribution in [1.82, 2.24) is 4.98 Å². The van der Waals surface area contributed by atoms with E-state index >= 15 is 0 Å². The molecule has 0 saturated carbocycles. The molecule has 1 unspecified atom stereocenters. The van der Waals surface area contributed by atoms with Crippen molar-refractivity contribution in [2.45, 2.75) is 46.5 Å². The fraction of sp³-hybridized carbons (Fsp3) is 0.667. The summed E-state index contributed by atoms with van der Waals surface area (Å²) < 4.78 is 0. The molecule has 0 amide bonds. The minimum atomic E-state index is 0.00751. The molecule has 0 aromatic carbocycles. The monoisotopic (exact) mass is 222 g/mol. The molecule has 15 heavy (non-hydrogen) atoms. The summed E-state index contributed by atoms with van der Waals surface area (Å²) in [5.41, 5.74) is 1.05. The number of hydrogen-bond donors (Lipinski definition) is 0. The second-order valence-electron chi connectivity index (χ2n) is 4.16. The average molecular weight is 222 g/mol. The van der Waals surface area contributed by atoms with Gasteiger partial charge in [-0.1, -0.05) is 20.8 Å². The Hall–Kier alpha value is -0.880. The average Bonchev–Trinajstić information content (AvgIpc) is 2.49. The third-order valence-corrected chi connectivity index (χ3v) is 3.73. The maximum atomic E-state index is 9.14. The first kappa shape index (κ1) is 12.2. The summed E-state index contributed by atoms with van der Waals surface area (Å²) in [6.07, 6.45) is 2.15. The van der Waals surface area contributed by atoms with E-state index in [9.17, 15) is 0 Å². The van der Waals surface area contributed by atoms with E-state index in [2.05, 4.69) is 31.8 Å². The standard InChI is InChI=1S/C12H18N2S/c1-5-6-11-14-9(4)12(15-11)10(7-13)8(2)3/h8,10H,5-6H2,1-4H3. The van der Waals surface area contributed by atoms with E-state index in [0.29, 0.717) is 5.92 Å². The number of hydrogen-bond acceptors (Lipinski definition) is 3. The number of thiazole rings is 1. The first-order chi connectivity index (χ1) is 7.10. The van der Waals surface area contributed by atoms with Crippen LogP contribution < -0.4 is 0 Å². The van der Waals surface area contributed by atoms with Crippen LogP contribution in [0, 0.1) is 24.2 Å². The van der Waals surface area contributed by atoms with E-state index in [1.807, 2.05) is 6.92 Å². The Morgan fingerprint density at radius 3 is 2.60 bits per heavy atom. The lowest BCUT2D eigenvalue weighted by Crippen LogP contribution is -2.03.